The van der Waals surface area contributed by atoms with E-state index in [1.54, 1.807) is 0 Å². The van der Waals surface area contributed by atoms with Crippen LogP contribution in [0, 0.1) is 11.3 Å². The Bertz CT molecular complexity index is 224. The SMILES string of the molecule is CC1OC(C)C(C)(C)C[C@@H]2O[C@@H]2C1C. The molecule has 0 bridgehead atoms. The minimum absolute atomic E-state index is 0.244. The highest BCUT2D eigenvalue weighted by Gasteiger charge is 2.50. The van der Waals surface area contributed by atoms with E-state index in [0.717, 1.165) is 6.42 Å². The lowest BCUT2D eigenvalue weighted by Gasteiger charge is -2.36. The third kappa shape index (κ3) is 1.70. The molecule has 0 aliphatic carbocycles. The van der Waals surface area contributed by atoms with Gasteiger partial charge in [0.2, 0.25) is 0 Å². The lowest BCUT2D eigenvalue weighted by Crippen LogP contribution is -2.39. The second-order valence-corrected chi connectivity index (χ2v) is 5.67. The molecule has 2 heterocycles. The Hall–Kier alpha value is -0.0800. The van der Waals surface area contributed by atoms with Gasteiger partial charge in [-0.15, -0.1) is 0 Å². The maximum Gasteiger partial charge on any atom is 0.0892 e. The van der Waals surface area contributed by atoms with Gasteiger partial charge in [-0.3, -0.25) is 0 Å². The largest absolute Gasteiger partial charge is 0.375 e. The van der Waals surface area contributed by atoms with Crippen molar-refractivity contribution in [2.24, 2.45) is 11.3 Å². The van der Waals surface area contributed by atoms with Crippen molar-refractivity contribution < 1.29 is 9.47 Å². The molecule has 0 radical (unpaired) electrons. The van der Waals surface area contributed by atoms with Crippen molar-refractivity contribution in [1.29, 1.82) is 0 Å². The van der Waals surface area contributed by atoms with Gasteiger partial charge in [0.1, 0.15) is 0 Å². The van der Waals surface area contributed by atoms with E-state index in [9.17, 15) is 0 Å². The molecule has 5 atom stereocenters. The molecule has 0 aromatic carbocycles. The van der Waals surface area contributed by atoms with Crippen molar-refractivity contribution in [3.8, 4) is 0 Å². The van der Waals surface area contributed by atoms with E-state index in [2.05, 4.69) is 34.6 Å². The zero-order valence-electron chi connectivity index (χ0n) is 9.91. The topological polar surface area (TPSA) is 21.8 Å². The third-order valence-electron chi connectivity index (χ3n) is 4.13. The Morgan fingerprint density at radius 3 is 2.36 bits per heavy atom. The molecular weight excluding hydrogens is 176 g/mol. The highest BCUT2D eigenvalue weighted by atomic mass is 16.6. The van der Waals surface area contributed by atoms with Gasteiger partial charge in [0.05, 0.1) is 24.4 Å². The van der Waals surface area contributed by atoms with E-state index in [0.29, 0.717) is 30.3 Å². The lowest BCUT2D eigenvalue weighted by molar-refractivity contribution is -0.0833. The van der Waals surface area contributed by atoms with Crippen molar-refractivity contribution >= 4 is 0 Å². The molecular formula is C12H22O2. The van der Waals surface area contributed by atoms with Crippen LogP contribution >= 0.6 is 0 Å². The molecule has 0 N–H and O–H groups in total. The van der Waals surface area contributed by atoms with Crippen molar-refractivity contribution in [2.75, 3.05) is 0 Å². The smallest absolute Gasteiger partial charge is 0.0892 e. The average Bonchev–Trinajstić information content (AvgIpc) is 2.80. The summed E-state index contributed by atoms with van der Waals surface area (Å²) in [5.74, 6) is 0.540. The molecule has 2 saturated heterocycles. The maximum absolute atomic E-state index is 6.04. The van der Waals surface area contributed by atoms with E-state index >= 15 is 0 Å². The number of rotatable bonds is 0. The van der Waals surface area contributed by atoms with Crippen molar-refractivity contribution in [1.82, 2.24) is 0 Å². The second kappa shape index (κ2) is 3.21. The summed E-state index contributed by atoms with van der Waals surface area (Å²) < 4.78 is 11.8. The van der Waals surface area contributed by atoms with Crippen LogP contribution in [0.4, 0.5) is 0 Å². The fourth-order valence-corrected chi connectivity index (χ4v) is 2.36. The van der Waals surface area contributed by atoms with Crippen LogP contribution in [0.2, 0.25) is 0 Å². The molecule has 0 saturated carbocycles. The van der Waals surface area contributed by atoms with Crippen LogP contribution in [0.25, 0.3) is 0 Å². The second-order valence-electron chi connectivity index (χ2n) is 5.67. The first-order valence-corrected chi connectivity index (χ1v) is 5.73. The van der Waals surface area contributed by atoms with Gasteiger partial charge in [0.15, 0.2) is 0 Å². The van der Waals surface area contributed by atoms with Crippen molar-refractivity contribution in [3.05, 3.63) is 0 Å². The summed E-state index contributed by atoms with van der Waals surface area (Å²) in [5.41, 5.74) is 0.244. The van der Waals surface area contributed by atoms with Crippen LogP contribution in [-0.2, 0) is 9.47 Å². The summed E-state index contributed by atoms with van der Waals surface area (Å²) in [6, 6.07) is 0. The first-order valence-electron chi connectivity index (χ1n) is 5.73. The fourth-order valence-electron chi connectivity index (χ4n) is 2.36. The Kier molecular flexibility index (Phi) is 2.39. The molecule has 2 aliphatic rings. The third-order valence-corrected chi connectivity index (χ3v) is 4.13. The minimum Gasteiger partial charge on any atom is -0.375 e. The normalized spacial score (nSPS) is 51.6. The Morgan fingerprint density at radius 2 is 1.71 bits per heavy atom. The molecule has 2 nitrogen and oxygen atoms in total. The van der Waals surface area contributed by atoms with Crippen LogP contribution in [0.15, 0.2) is 0 Å². The Morgan fingerprint density at radius 1 is 1.07 bits per heavy atom. The Labute approximate surface area is 87.0 Å². The summed E-state index contributed by atoms with van der Waals surface area (Å²) in [6.07, 6.45) is 2.73. The summed E-state index contributed by atoms with van der Waals surface area (Å²) in [7, 11) is 0. The molecule has 3 unspecified atom stereocenters. The van der Waals surface area contributed by atoms with Gasteiger partial charge >= 0.3 is 0 Å². The van der Waals surface area contributed by atoms with E-state index in [4.69, 9.17) is 9.47 Å². The minimum atomic E-state index is 0.244. The van der Waals surface area contributed by atoms with Crippen LogP contribution in [0.5, 0.6) is 0 Å². The average molecular weight is 198 g/mol. The predicted molar refractivity (Wildman–Crippen MR) is 56.2 cm³/mol. The van der Waals surface area contributed by atoms with Crippen LogP contribution in [0.1, 0.15) is 41.0 Å². The van der Waals surface area contributed by atoms with E-state index in [1.807, 2.05) is 0 Å². The maximum atomic E-state index is 6.04. The van der Waals surface area contributed by atoms with Gasteiger partial charge < -0.3 is 9.47 Å². The molecule has 2 aliphatic heterocycles. The summed E-state index contributed by atoms with van der Waals surface area (Å²) >= 11 is 0. The predicted octanol–water partition coefficient (Wildman–Crippen LogP) is 2.61. The molecule has 0 spiro atoms. The van der Waals surface area contributed by atoms with Gasteiger partial charge in [-0.2, -0.15) is 0 Å². The van der Waals surface area contributed by atoms with E-state index in [-0.39, 0.29) is 5.41 Å². The molecule has 14 heavy (non-hydrogen) atoms. The summed E-state index contributed by atoms with van der Waals surface area (Å²) in [5, 5.41) is 0. The summed E-state index contributed by atoms with van der Waals surface area (Å²) in [6.45, 7) is 11.1. The highest BCUT2D eigenvalue weighted by molar-refractivity contribution is 4.97. The van der Waals surface area contributed by atoms with Crippen molar-refractivity contribution in [3.63, 3.8) is 0 Å². The Balaban J connectivity index is 2.12. The molecule has 2 heteroatoms. The molecule has 82 valence electrons. The molecule has 2 rings (SSSR count). The zero-order chi connectivity index (χ0) is 10.5. The van der Waals surface area contributed by atoms with Gasteiger partial charge in [0.25, 0.3) is 0 Å². The molecule has 0 aromatic rings. The van der Waals surface area contributed by atoms with Crippen molar-refractivity contribution in [2.45, 2.75) is 65.5 Å². The monoisotopic (exact) mass is 198 g/mol. The van der Waals surface area contributed by atoms with Gasteiger partial charge in [0, 0.05) is 5.92 Å². The molecule has 0 amide bonds. The first-order chi connectivity index (χ1) is 6.42. The number of hydrogen-bond acceptors (Lipinski definition) is 2. The summed E-state index contributed by atoms with van der Waals surface area (Å²) in [4.78, 5) is 0. The number of epoxide rings is 1. The van der Waals surface area contributed by atoms with Crippen LogP contribution in [0.3, 0.4) is 0 Å². The van der Waals surface area contributed by atoms with Gasteiger partial charge in [-0.1, -0.05) is 20.8 Å². The number of fused-ring (bicyclic) bond motifs is 1. The van der Waals surface area contributed by atoms with Gasteiger partial charge in [-0.25, -0.2) is 0 Å². The van der Waals surface area contributed by atoms with Crippen LogP contribution < -0.4 is 0 Å². The van der Waals surface area contributed by atoms with Gasteiger partial charge in [-0.05, 0) is 25.7 Å². The highest BCUT2D eigenvalue weighted by Crippen LogP contribution is 2.44. The fraction of sp³-hybridized carbons (Fsp3) is 1.00. The number of ether oxygens (including phenoxy) is 2. The van der Waals surface area contributed by atoms with E-state index < -0.39 is 0 Å². The standard InChI is InChI=1S/C12H22O2/c1-7-8(2)13-9(3)12(4,5)6-10-11(7)14-10/h7-11H,6H2,1-5H3/t7?,8?,9?,10-,11+/m0/s1. The zero-order valence-corrected chi connectivity index (χ0v) is 9.91. The van der Waals surface area contributed by atoms with Crippen LogP contribution in [-0.4, -0.2) is 24.4 Å². The quantitative estimate of drug-likeness (QED) is 0.558. The number of hydrogen-bond donors (Lipinski definition) is 0. The molecule has 2 fully saturated rings. The van der Waals surface area contributed by atoms with E-state index in [1.165, 1.54) is 0 Å². The lowest BCUT2D eigenvalue weighted by atomic mass is 9.79. The first kappa shape index (κ1) is 10.4. The molecule has 0 aromatic heterocycles.